The highest BCUT2D eigenvalue weighted by molar-refractivity contribution is 9.10. The van der Waals surface area contributed by atoms with Crippen molar-refractivity contribution in [3.63, 3.8) is 0 Å². The Labute approximate surface area is 189 Å². The quantitative estimate of drug-likeness (QED) is 0.327. The first-order valence-electron chi connectivity index (χ1n) is 9.79. The van der Waals surface area contributed by atoms with Crippen LogP contribution in [0.2, 0.25) is 0 Å². The van der Waals surface area contributed by atoms with Gasteiger partial charge in [-0.15, -0.1) is 0 Å². The molecule has 0 bridgehead atoms. The summed E-state index contributed by atoms with van der Waals surface area (Å²) in [6, 6.07) is 14.5. The molecule has 1 heterocycles. The number of halogens is 1. The van der Waals surface area contributed by atoms with Crippen LogP contribution in [0.25, 0.3) is 16.9 Å². The molecule has 2 aromatic carbocycles. The maximum atomic E-state index is 12.8. The standard InChI is InChI=1S/C23H23BrN2O5/c1-4-5-13-31-18-12-11-15(24)14-17(18)20-19(22(27)29-2)21(23(28)30-3)26(25-20)16-9-7-6-8-10-16/h6-12,14H,4-5,13H2,1-3H3. The summed E-state index contributed by atoms with van der Waals surface area (Å²) in [6.07, 6.45) is 1.86. The van der Waals surface area contributed by atoms with Gasteiger partial charge in [-0.25, -0.2) is 14.3 Å². The smallest absolute Gasteiger partial charge is 0.357 e. The number of hydrogen-bond acceptors (Lipinski definition) is 6. The summed E-state index contributed by atoms with van der Waals surface area (Å²) in [5.74, 6) is -0.848. The molecule has 0 fully saturated rings. The van der Waals surface area contributed by atoms with Crippen molar-refractivity contribution in [3.05, 3.63) is 64.3 Å². The summed E-state index contributed by atoms with van der Waals surface area (Å²) in [5, 5.41) is 4.63. The Balaban J connectivity index is 2.31. The van der Waals surface area contributed by atoms with E-state index in [0.29, 0.717) is 23.6 Å². The number of hydrogen-bond donors (Lipinski definition) is 0. The maximum Gasteiger partial charge on any atom is 0.357 e. The molecule has 3 rings (SSSR count). The largest absolute Gasteiger partial charge is 0.493 e. The zero-order valence-corrected chi connectivity index (χ0v) is 19.1. The molecule has 31 heavy (non-hydrogen) atoms. The van der Waals surface area contributed by atoms with Gasteiger partial charge < -0.3 is 14.2 Å². The van der Waals surface area contributed by atoms with Gasteiger partial charge in [0.05, 0.1) is 26.5 Å². The lowest BCUT2D eigenvalue weighted by molar-refractivity contribution is 0.0549. The zero-order chi connectivity index (χ0) is 22.4. The molecule has 0 radical (unpaired) electrons. The molecule has 0 aliphatic rings. The Morgan fingerprint density at radius 1 is 1.03 bits per heavy atom. The first-order valence-corrected chi connectivity index (χ1v) is 10.6. The molecule has 0 saturated heterocycles. The molecule has 0 aliphatic heterocycles. The van der Waals surface area contributed by atoms with Crippen LogP contribution in [0.4, 0.5) is 0 Å². The Kier molecular flexibility index (Phi) is 7.46. The number of ether oxygens (including phenoxy) is 3. The normalized spacial score (nSPS) is 10.6. The second-order valence-corrected chi connectivity index (χ2v) is 7.56. The Morgan fingerprint density at radius 3 is 2.39 bits per heavy atom. The molecule has 0 aliphatic carbocycles. The highest BCUT2D eigenvalue weighted by atomic mass is 79.9. The minimum Gasteiger partial charge on any atom is -0.493 e. The van der Waals surface area contributed by atoms with Crippen molar-refractivity contribution in [2.75, 3.05) is 20.8 Å². The summed E-state index contributed by atoms with van der Waals surface area (Å²) in [4.78, 5) is 25.5. The maximum absolute atomic E-state index is 12.8. The number of unbranched alkanes of at least 4 members (excludes halogenated alkanes) is 1. The van der Waals surface area contributed by atoms with Gasteiger partial charge in [0.25, 0.3) is 0 Å². The van der Waals surface area contributed by atoms with E-state index in [4.69, 9.17) is 14.2 Å². The third-order valence-corrected chi connectivity index (χ3v) is 5.10. The van der Waals surface area contributed by atoms with E-state index in [9.17, 15) is 9.59 Å². The van der Waals surface area contributed by atoms with Crippen molar-refractivity contribution in [1.82, 2.24) is 9.78 Å². The number of esters is 2. The number of para-hydroxylation sites is 1. The number of aromatic nitrogens is 2. The van der Waals surface area contributed by atoms with Gasteiger partial charge in [0, 0.05) is 10.0 Å². The van der Waals surface area contributed by atoms with Crippen LogP contribution in [0.5, 0.6) is 5.75 Å². The fourth-order valence-electron chi connectivity index (χ4n) is 3.08. The van der Waals surface area contributed by atoms with Crippen LogP contribution in [0, 0.1) is 0 Å². The fourth-order valence-corrected chi connectivity index (χ4v) is 3.44. The van der Waals surface area contributed by atoms with Crippen LogP contribution in [0.15, 0.2) is 53.0 Å². The topological polar surface area (TPSA) is 79.7 Å². The third kappa shape index (κ3) is 4.80. The molecule has 1 aromatic heterocycles. The van der Waals surface area contributed by atoms with Gasteiger partial charge in [-0.2, -0.15) is 5.10 Å². The van der Waals surface area contributed by atoms with Gasteiger partial charge in [-0.05, 0) is 36.8 Å². The Hall–Kier alpha value is -3.13. The van der Waals surface area contributed by atoms with Gasteiger partial charge in [0.2, 0.25) is 0 Å². The Bertz CT molecular complexity index is 1080. The van der Waals surface area contributed by atoms with Crippen LogP contribution in [0.1, 0.15) is 40.6 Å². The fraction of sp³-hybridized carbons (Fsp3) is 0.261. The number of benzene rings is 2. The number of nitrogens with zero attached hydrogens (tertiary/aromatic N) is 2. The summed E-state index contributed by atoms with van der Waals surface area (Å²) >= 11 is 3.47. The average Bonchev–Trinajstić information content (AvgIpc) is 3.20. The number of carbonyl (C=O) groups is 2. The SMILES string of the molecule is CCCCOc1ccc(Br)cc1-c1nn(-c2ccccc2)c(C(=O)OC)c1C(=O)OC. The van der Waals surface area contributed by atoms with E-state index < -0.39 is 11.9 Å². The molecular formula is C23H23BrN2O5. The predicted molar refractivity (Wildman–Crippen MR) is 120 cm³/mol. The molecule has 0 unspecified atom stereocenters. The zero-order valence-electron chi connectivity index (χ0n) is 17.6. The van der Waals surface area contributed by atoms with Crippen molar-refractivity contribution in [2.45, 2.75) is 19.8 Å². The molecule has 0 spiro atoms. The van der Waals surface area contributed by atoms with Crippen molar-refractivity contribution in [1.29, 1.82) is 0 Å². The lowest BCUT2D eigenvalue weighted by Gasteiger charge is -2.11. The average molecular weight is 487 g/mol. The van der Waals surface area contributed by atoms with E-state index in [-0.39, 0.29) is 17.0 Å². The summed E-state index contributed by atoms with van der Waals surface area (Å²) in [5.41, 5.74) is 1.42. The van der Waals surface area contributed by atoms with Crippen molar-refractivity contribution >= 4 is 27.9 Å². The first kappa shape index (κ1) is 22.6. The molecule has 0 amide bonds. The van der Waals surface area contributed by atoms with E-state index in [1.807, 2.05) is 24.3 Å². The van der Waals surface area contributed by atoms with E-state index in [0.717, 1.165) is 17.3 Å². The molecule has 3 aromatic rings. The minimum absolute atomic E-state index is 0.0108. The lowest BCUT2D eigenvalue weighted by Crippen LogP contribution is -2.15. The summed E-state index contributed by atoms with van der Waals surface area (Å²) < 4.78 is 18.1. The number of rotatable bonds is 8. The van der Waals surface area contributed by atoms with Crippen LogP contribution >= 0.6 is 15.9 Å². The highest BCUT2D eigenvalue weighted by Crippen LogP contribution is 2.37. The van der Waals surface area contributed by atoms with Crippen molar-refractivity contribution < 1.29 is 23.8 Å². The van der Waals surface area contributed by atoms with Gasteiger partial charge in [-0.3, -0.25) is 0 Å². The van der Waals surface area contributed by atoms with Gasteiger partial charge in [-0.1, -0.05) is 47.5 Å². The highest BCUT2D eigenvalue weighted by Gasteiger charge is 2.32. The van der Waals surface area contributed by atoms with Gasteiger partial charge in [0.1, 0.15) is 17.0 Å². The molecule has 0 saturated carbocycles. The van der Waals surface area contributed by atoms with Crippen molar-refractivity contribution in [3.8, 4) is 22.7 Å². The molecule has 0 N–H and O–H groups in total. The van der Waals surface area contributed by atoms with Gasteiger partial charge >= 0.3 is 11.9 Å². The predicted octanol–water partition coefficient (Wildman–Crippen LogP) is 5.05. The second kappa shape index (κ2) is 10.3. The lowest BCUT2D eigenvalue weighted by atomic mass is 10.0. The van der Waals surface area contributed by atoms with E-state index in [1.54, 1.807) is 24.3 Å². The van der Waals surface area contributed by atoms with Crippen molar-refractivity contribution in [2.24, 2.45) is 0 Å². The third-order valence-electron chi connectivity index (χ3n) is 4.61. The van der Waals surface area contributed by atoms with Crippen LogP contribution in [-0.2, 0) is 9.47 Å². The summed E-state index contributed by atoms with van der Waals surface area (Å²) in [7, 11) is 2.51. The first-order chi connectivity index (χ1) is 15.0. The minimum atomic E-state index is -0.702. The molecule has 0 atom stereocenters. The molecule has 7 nitrogen and oxygen atoms in total. The molecule has 8 heteroatoms. The van der Waals surface area contributed by atoms with E-state index in [1.165, 1.54) is 18.9 Å². The number of carbonyl (C=O) groups excluding carboxylic acids is 2. The monoisotopic (exact) mass is 486 g/mol. The van der Waals surface area contributed by atoms with E-state index >= 15 is 0 Å². The van der Waals surface area contributed by atoms with E-state index in [2.05, 4.69) is 28.0 Å². The molecular weight excluding hydrogens is 464 g/mol. The second-order valence-electron chi connectivity index (χ2n) is 6.65. The van der Waals surface area contributed by atoms with Crippen LogP contribution < -0.4 is 4.74 Å². The summed E-state index contributed by atoms with van der Waals surface area (Å²) in [6.45, 7) is 2.59. The molecule has 162 valence electrons. The Morgan fingerprint density at radius 2 is 1.74 bits per heavy atom. The van der Waals surface area contributed by atoms with Gasteiger partial charge in [0.15, 0.2) is 5.69 Å². The number of methoxy groups -OCH3 is 2. The van der Waals surface area contributed by atoms with Crippen LogP contribution in [-0.4, -0.2) is 42.5 Å². The van der Waals surface area contributed by atoms with Crippen LogP contribution in [0.3, 0.4) is 0 Å².